The summed E-state index contributed by atoms with van der Waals surface area (Å²) in [5.74, 6) is 0.921. The van der Waals surface area contributed by atoms with Crippen LogP contribution in [0.1, 0.15) is 30.0 Å². The quantitative estimate of drug-likeness (QED) is 0.206. The Balaban J connectivity index is 1.71. The van der Waals surface area contributed by atoms with Crippen LogP contribution < -0.4 is 19.5 Å². The van der Waals surface area contributed by atoms with Crippen molar-refractivity contribution in [2.45, 2.75) is 27.2 Å². The van der Waals surface area contributed by atoms with Gasteiger partial charge in [0.2, 0.25) is 5.13 Å². The second-order valence-corrected chi connectivity index (χ2v) is 8.72. The minimum Gasteiger partial charge on any atom is -0.490 e. The van der Waals surface area contributed by atoms with Gasteiger partial charge in [0.05, 0.1) is 11.6 Å². The van der Waals surface area contributed by atoms with Crippen molar-refractivity contribution in [3.05, 3.63) is 63.1 Å². The van der Waals surface area contributed by atoms with Crippen LogP contribution in [0.15, 0.2) is 42.0 Å². The summed E-state index contributed by atoms with van der Waals surface area (Å²) >= 11 is 7.72. The Kier molecular flexibility index (Phi) is 9.47. The fourth-order valence-corrected chi connectivity index (χ4v) is 3.89. The number of nitriles is 1. The smallest absolute Gasteiger partial charge is 0.268 e. The topological polar surface area (TPSA) is 106 Å². The lowest BCUT2D eigenvalue weighted by Crippen LogP contribution is -2.13. The fourth-order valence-electron chi connectivity index (χ4n) is 2.94. The first-order valence-corrected chi connectivity index (χ1v) is 12.2. The molecule has 0 saturated carbocycles. The number of nitrogens with zero attached hydrogens (tertiary/aromatic N) is 3. The number of rotatable bonds is 11. The van der Waals surface area contributed by atoms with Crippen LogP contribution in [0.2, 0.25) is 5.02 Å². The van der Waals surface area contributed by atoms with Gasteiger partial charge in [-0.3, -0.25) is 10.1 Å². The molecule has 35 heavy (non-hydrogen) atoms. The Labute approximate surface area is 213 Å². The van der Waals surface area contributed by atoms with E-state index in [0.717, 1.165) is 16.3 Å². The molecule has 0 aliphatic heterocycles. The number of nitrogens with one attached hydrogen (secondary N) is 1. The van der Waals surface area contributed by atoms with E-state index < -0.39 is 5.91 Å². The first kappa shape index (κ1) is 26.0. The van der Waals surface area contributed by atoms with Crippen LogP contribution in [0, 0.1) is 18.3 Å². The maximum atomic E-state index is 12.6. The molecule has 0 unspecified atom stereocenters. The number of aromatic nitrogens is 2. The highest BCUT2D eigenvalue weighted by Gasteiger charge is 2.16. The molecule has 0 aliphatic rings. The monoisotopic (exact) mass is 512 g/mol. The third-order valence-corrected chi connectivity index (χ3v) is 5.88. The summed E-state index contributed by atoms with van der Waals surface area (Å²) in [5.41, 5.74) is 1.55. The zero-order valence-electron chi connectivity index (χ0n) is 19.6. The third-order valence-electron chi connectivity index (χ3n) is 4.62. The van der Waals surface area contributed by atoms with Crippen molar-refractivity contribution in [2.75, 3.05) is 25.1 Å². The molecule has 3 aromatic rings. The van der Waals surface area contributed by atoms with Gasteiger partial charge in [0, 0.05) is 0 Å². The number of halogens is 1. The van der Waals surface area contributed by atoms with Gasteiger partial charge in [-0.1, -0.05) is 47.6 Å². The van der Waals surface area contributed by atoms with Crippen molar-refractivity contribution in [2.24, 2.45) is 0 Å². The summed E-state index contributed by atoms with van der Waals surface area (Å²) < 4.78 is 17.2. The SMILES string of the molecule is CCOc1cc(/C=C(/C#N)C(=O)Nc2nnc(CC)s2)cc(Cl)c1OCCOc1ccc(C)cc1. The van der Waals surface area contributed by atoms with Crippen LogP contribution in [0.3, 0.4) is 0 Å². The number of ether oxygens (including phenoxy) is 3. The second kappa shape index (κ2) is 12.7. The third kappa shape index (κ3) is 7.44. The molecule has 0 radical (unpaired) electrons. The van der Waals surface area contributed by atoms with E-state index in [4.69, 9.17) is 25.8 Å². The largest absolute Gasteiger partial charge is 0.490 e. The van der Waals surface area contributed by atoms with Crippen molar-refractivity contribution < 1.29 is 19.0 Å². The van der Waals surface area contributed by atoms with Gasteiger partial charge in [0.25, 0.3) is 5.91 Å². The van der Waals surface area contributed by atoms with Gasteiger partial charge in [0.15, 0.2) is 11.5 Å². The molecule has 1 aromatic heterocycles. The van der Waals surface area contributed by atoms with E-state index in [1.807, 2.05) is 51.1 Å². The first-order chi connectivity index (χ1) is 16.9. The lowest BCUT2D eigenvalue weighted by Gasteiger charge is -2.15. The van der Waals surface area contributed by atoms with E-state index in [9.17, 15) is 10.1 Å². The summed E-state index contributed by atoms with van der Waals surface area (Å²) in [4.78, 5) is 12.6. The van der Waals surface area contributed by atoms with Gasteiger partial charge >= 0.3 is 0 Å². The van der Waals surface area contributed by atoms with Crippen molar-refractivity contribution in [3.8, 4) is 23.3 Å². The highest BCUT2D eigenvalue weighted by Crippen LogP contribution is 2.37. The number of hydrogen-bond donors (Lipinski definition) is 1. The van der Waals surface area contributed by atoms with Crippen molar-refractivity contribution >= 4 is 40.1 Å². The van der Waals surface area contributed by atoms with Gasteiger partial charge in [-0.2, -0.15) is 5.26 Å². The van der Waals surface area contributed by atoms with Crippen LogP contribution in [0.5, 0.6) is 17.2 Å². The fraction of sp³-hybridized carbons (Fsp3) is 0.280. The number of aryl methyl sites for hydroxylation is 2. The summed E-state index contributed by atoms with van der Waals surface area (Å²) in [6, 6.07) is 12.9. The Morgan fingerprint density at radius 2 is 1.89 bits per heavy atom. The normalized spacial score (nSPS) is 11.0. The van der Waals surface area contributed by atoms with Gasteiger partial charge in [0.1, 0.15) is 35.6 Å². The first-order valence-electron chi connectivity index (χ1n) is 11.0. The summed E-state index contributed by atoms with van der Waals surface area (Å²) in [5, 5.41) is 21.4. The van der Waals surface area contributed by atoms with Crippen molar-refractivity contribution in [1.29, 1.82) is 5.26 Å². The summed E-state index contributed by atoms with van der Waals surface area (Å²) in [6.45, 7) is 6.73. The molecule has 1 N–H and O–H groups in total. The standard InChI is InChI=1S/C25H25ClN4O4S/c1-4-22-29-30-25(35-22)28-24(31)18(15-27)12-17-13-20(26)23(21(14-17)32-5-2)34-11-10-33-19-8-6-16(3)7-9-19/h6-9,12-14H,4-5,10-11H2,1-3H3,(H,28,30,31)/b18-12-. The number of hydrogen-bond acceptors (Lipinski definition) is 8. The molecule has 0 atom stereocenters. The van der Waals surface area contributed by atoms with E-state index >= 15 is 0 Å². The molecular formula is C25H25ClN4O4S. The Bertz CT molecular complexity index is 1240. The van der Waals surface area contributed by atoms with E-state index in [1.54, 1.807) is 12.1 Å². The lowest BCUT2D eigenvalue weighted by molar-refractivity contribution is -0.112. The molecule has 8 nitrogen and oxygen atoms in total. The van der Waals surface area contributed by atoms with Crippen LogP contribution >= 0.6 is 22.9 Å². The van der Waals surface area contributed by atoms with Crippen LogP contribution in [-0.4, -0.2) is 35.9 Å². The van der Waals surface area contributed by atoms with Gasteiger partial charge in [-0.25, -0.2) is 0 Å². The minimum absolute atomic E-state index is 0.114. The molecule has 0 bridgehead atoms. The molecule has 1 amide bonds. The predicted molar refractivity (Wildman–Crippen MR) is 136 cm³/mol. The zero-order valence-corrected chi connectivity index (χ0v) is 21.2. The highest BCUT2D eigenvalue weighted by molar-refractivity contribution is 7.15. The maximum Gasteiger partial charge on any atom is 0.268 e. The molecule has 2 aromatic carbocycles. The van der Waals surface area contributed by atoms with E-state index in [0.29, 0.717) is 41.8 Å². The van der Waals surface area contributed by atoms with Crippen molar-refractivity contribution in [1.82, 2.24) is 10.2 Å². The number of anilines is 1. The molecule has 1 heterocycles. The lowest BCUT2D eigenvalue weighted by atomic mass is 10.1. The molecule has 0 spiro atoms. The highest BCUT2D eigenvalue weighted by atomic mass is 35.5. The molecule has 0 aliphatic carbocycles. The number of amides is 1. The molecule has 182 valence electrons. The molecule has 0 fully saturated rings. The van der Waals surface area contributed by atoms with Gasteiger partial charge in [-0.05, 0) is 56.2 Å². The predicted octanol–water partition coefficient (Wildman–Crippen LogP) is 5.46. The second-order valence-electron chi connectivity index (χ2n) is 7.25. The van der Waals surface area contributed by atoms with Crippen molar-refractivity contribution in [3.63, 3.8) is 0 Å². The van der Waals surface area contributed by atoms with Gasteiger partial charge < -0.3 is 14.2 Å². The van der Waals surface area contributed by atoms with E-state index in [-0.39, 0.29) is 17.2 Å². The maximum absolute atomic E-state index is 12.6. The Morgan fingerprint density at radius 3 is 2.54 bits per heavy atom. The van der Waals surface area contributed by atoms with E-state index in [2.05, 4.69) is 15.5 Å². The molecular weight excluding hydrogens is 488 g/mol. The summed E-state index contributed by atoms with van der Waals surface area (Å²) in [6.07, 6.45) is 2.13. The number of carbonyl (C=O) groups is 1. The summed E-state index contributed by atoms with van der Waals surface area (Å²) in [7, 11) is 0. The zero-order chi connectivity index (χ0) is 25.2. The van der Waals surface area contributed by atoms with Crippen LogP contribution in [0.25, 0.3) is 6.08 Å². The Morgan fingerprint density at radius 1 is 1.14 bits per heavy atom. The Hall–Kier alpha value is -3.61. The number of carbonyl (C=O) groups excluding carboxylic acids is 1. The average Bonchev–Trinajstić information content (AvgIpc) is 3.30. The molecule has 10 heteroatoms. The van der Waals surface area contributed by atoms with Gasteiger partial charge in [-0.15, -0.1) is 10.2 Å². The van der Waals surface area contributed by atoms with Crippen LogP contribution in [0.4, 0.5) is 5.13 Å². The van der Waals surface area contributed by atoms with Crippen LogP contribution in [-0.2, 0) is 11.2 Å². The molecule has 3 rings (SSSR count). The van der Waals surface area contributed by atoms with E-state index in [1.165, 1.54) is 17.4 Å². The minimum atomic E-state index is -0.589. The average molecular weight is 513 g/mol. The number of benzene rings is 2. The molecule has 0 saturated heterocycles.